The van der Waals surface area contributed by atoms with E-state index in [1.165, 1.54) is 25.3 Å². The smallest absolute Gasteiger partial charge is 0.433 e. The second-order valence-electron chi connectivity index (χ2n) is 6.10. The highest BCUT2D eigenvalue weighted by molar-refractivity contribution is 5.97. The number of halogens is 3. The van der Waals surface area contributed by atoms with Crippen LogP contribution in [0.25, 0.3) is 22.4 Å². The molecule has 2 aromatic heterocycles. The highest BCUT2D eigenvalue weighted by atomic mass is 19.4. The summed E-state index contributed by atoms with van der Waals surface area (Å²) in [4.78, 5) is 19.1. The maximum Gasteiger partial charge on any atom is 0.433 e. The molecule has 142 valence electrons. The van der Waals surface area contributed by atoms with Crippen molar-refractivity contribution in [1.82, 2.24) is 9.97 Å². The Morgan fingerprint density at radius 2 is 1.89 bits per heavy atom. The number of alkyl halides is 3. The van der Waals surface area contributed by atoms with Gasteiger partial charge in [-0.3, -0.25) is 0 Å². The molecule has 2 heterocycles. The van der Waals surface area contributed by atoms with Crippen molar-refractivity contribution in [2.75, 3.05) is 7.11 Å². The Bertz CT molecular complexity index is 1030. The van der Waals surface area contributed by atoms with Crippen molar-refractivity contribution in [2.45, 2.75) is 25.9 Å². The Morgan fingerprint density at radius 3 is 2.41 bits per heavy atom. The van der Waals surface area contributed by atoms with Gasteiger partial charge in [0, 0.05) is 16.9 Å². The number of fused-ring (bicyclic) bond motifs is 1. The molecule has 1 N–H and O–H groups in total. The Morgan fingerprint density at radius 1 is 1.19 bits per heavy atom. The molecule has 0 saturated heterocycles. The molecule has 1 aromatic carbocycles. The molecule has 0 aliphatic carbocycles. The lowest BCUT2D eigenvalue weighted by Gasteiger charge is -2.11. The molecule has 0 amide bonds. The topological polar surface area (TPSA) is 85.5 Å². The average Bonchev–Trinajstić information content (AvgIpc) is 3.05. The van der Waals surface area contributed by atoms with Gasteiger partial charge in [-0.25, -0.2) is 14.8 Å². The van der Waals surface area contributed by atoms with Crippen molar-refractivity contribution in [1.29, 1.82) is 0 Å². The van der Waals surface area contributed by atoms with Crippen molar-refractivity contribution >= 4 is 16.9 Å². The van der Waals surface area contributed by atoms with E-state index in [1.807, 2.05) is 0 Å². The van der Waals surface area contributed by atoms with Crippen LogP contribution < -0.4 is 4.74 Å². The molecule has 0 aliphatic rings. The standard InChI is InChI=1S/C18H15F3N2O4/c1-8(2)15-14(17(24)25)23-16(27-15)10-4-6-11(26-3)13-9(10)5-7-12(22-13)18(19,20)21/h4-8H,1-3H3,(H,24,25). The predicted molar refractivity (Wildman–Crippen MR) is 89.8 cm³/mol. The van der Waals surface area contributed by atoms with Crippen LogP contribution in [0.1, 0.15) is 41.7 Å². The molecular weight excluding hydrogens is 365 g/mol. The fourth-order valence-corrected chi connectivity index (χ4v) is 2.69. The number of aromatic carboxylic acids is 1. The number of ether oxygens (including phenoxy) is 1. The van der Waals surface area contributed by atoms with Crippen LogP contribution in [0.15, 0.2) is 28.7 Å². The van der Waals surface area contributed by atoms with Crippen molar-refractivity contribution < 1.29 is 32.2 Å². The number of hydrogen-bond donors (Lipinski definition) is 1. The molecule has 3 rings (SSSR count). The number of pyridine rings is 1. The fraction of sp³-hybridized carbons (Fsp3) is 0.278. The largest absolute Gasteiger partial charge is 0.494 e. The van der Waals surface area contributed by atoms with E-state index in [0.717, 1.165) is 6.07 Å². The first-order valence-corrected chi connectivity index (χ1v) is 7.92. The minimum absolute atomic E-state index is 0.00897. The monoisotopic (exact) mass is 380 g/mol. The molecule has 27 heavy (non-hydrogen) atoms. The number of oxazole rings is 1. The third-order valence-corrected chi connectivity index (χ3v) is 3.94. The first-order chi connectivity index (χ1) is 12.6. The van der Waals surface area contributed by atoms with E-state index in [1.54, 1.807) is 13.8 Å². The van der Waals surface area contributed by atoms with Gasteiger partial charge >= 0.3 is 12.1 Å². The Labute approximate surface area is 151 Å². The van der Waals surface area contributed by atoms with E-state index < -0.39 is 17.8 Å². The number of carbonyl (C=O) groups is 1. The molecule has 0 spiro atoms. The number of methoxy groups -OCH3 is 1. The Kier molecular flexibility index (Phi) is 4.54. The molecule has 0 aliphatic heterocycles. The highest BCUT2D eigenvalue weighted by Gasteiger charge is 2.33. The molecule has 0 saturated carbocycles. The van der Waals surface area contributed by atoms with Crippen LogP contribution in [0.4, 0.5) is 13.2 Å². The molecule has 0 fully saturated rings. The zero-order valence-electron chi connectivity index (χ0n) is 14.6. The lowest BCUT2D eigenvalue weighted by Crippen LogP contribution is -2.08. The number of carboxylic acids is 1. The van der Waals surface area contributed by atoms with Crippen LogP contribution in [0.2, 0.25) is 0 Å². The number of benzene rings is 1. The maximum absolute atomic E-state index is 13.0. The summed E-state index contributed by atoms with van der Waals surface area (Å²) in [5.74, 6) is -1.17. The first-order valence-electron chi connectivity index (χ1n) is 7.92. The maximum atomic E-state index is 13.0. The number of nitrogens with zero attached hydrogens (tertiary/aromatic N) is 2. The van der Waals surface area contributed by atoms with Gasteiger partial charge in [-0.15, -0.1) is 0 Å². The van der Waals surface area contributed by atoms with Gasteiger partial charge < -0.3 is 14.3 Å². The van der Waals surface area contributed by atoms with E-state index in [0.29, 0.717) is 10.9 Å². The van der Waals surface area contributed by atoms with Gasteiger partial charge in [0.2, 0.25) is 5.89 Å². The number of carboxylic acid groups (broad SMARTS) is 1. The average molecular weight is 380 g/mol. The summed E-state index contributed by atoms with van der Waals surface area (Å²) in [5.41, 5.74) is -0.997. The summed E-state index contributed by atoms with van der Waals surface area (Å²) in [6.07, 6.45) is -4.61. The van der Waals surface area contributed by atoms with E-state index in [2.05, 4.69) is 9.97 Å². The van der Waals surface area contributed by atoms with Crippen molar-refractivity contribution in [3.8, 4) is 17.2 Å². The van der Waals surface area contributed by atoms with Crippen LogP contribution >= 0.6 is 0 Å². The van der Waals surface area contributed by atoms with Crippen molar-refractivity contribution in [2.24, 2.45) is 0 Å². The minimum atomic E-state index is -4.61. The zero-order valence-corrected chi connectivity index (χ0v) is 14.6. The number of rotatable bonds is 4. The van der Waals surface area contributed by atoms with Gasteiger partial charge in [0.15, 0.2) is 5.69 Å². The SMILES string of the molecule is COc1ccc(-c2nc(C(=O)O)c(C(C)C)o2)c2ccc(C(F)(F)F)nc12. The van der Waals surface area contributed by atoms with E-state index in [-0.39, 0.29) is 34.5 Å². The fourth-order valence-electron chi connectivity index (χ4n) is 2.69. The quantitative estimate of drug-likeness (QED) is 0.704. The molecule has 0 unspecified atom stereocenters. The van der Waals surface area contributed by atoms with Gasteiger partial charge in [0.1, 0.15) is 22.7 Å². The predicted octanol–water partition coefficient (Wildman–Crippen LogP) is 4.74. The van der Waals surface area contributed by atoms with E-state index >= 15 is 0 Å². The number of hydrogen-bond acceptors (Lipinski definition) is 5. The van der Waals surface area contributed by atoms with Crippen molar-refractivity contribution in [3.63, 3.8) is 0 Å². The summed E-state index contributed by atoms with van der Waals surface area (Å²) in [5, 5.41) is 9.62. The van der Waals surface area contributed by atoms with Gasteiger partial charge in [0.05, 0.1) is 7.11 Å². The van der Waals surface area contributed by atoms with Gasteiger partial charge in [-0.2, -0.15) is 13.2 Å². The lowest BCUT2D eigenvalue weighted by molar-refractivity contribution is -0.140. The van der Waals surface area contributed by atoms with Crippen molar-refractivity contribution in [3.05, 3.63) is 41.4 Å². The second kappa shape index (κ2) is 6.57. The molecular formula is C18H15F3N2O4. The van der Waals surface area contributed by atoms with Crippen LogP contribution in [0, 0.1) is 0 Å². The highest BCUT2D eigenvalue weighted by Crippen LogP contribution is 2.37. The van der Waals surface area contributed by atoms with Crippen LogP contribution in [0.5, 0.6) is 5.75 Å². The minimum Gasteiger partial charge on any atom is -0.494 e. The van der Waals surface area contributed by atoms with Crippen LogP contribution in [0.3, 0.4) is 0 Å². The zero-order chi connectivity index (χ0) is 19.9. The summed E-state index contributed by atoms with van der Waals surface area (Å²) in [7, 11) is 1.32. The van der Waals surface area contributed by atoms with Gasteiger partial charge in [-0.1, -0.05) is 13.8 Å². The molecule has 3 aromatic rings. The van der Waals surface area contributed by atoms with Crippen LogP contribution in [-0.2, 0) is 6.18 Å². The molecule has 0 atom stereocenters. The number of aromatic nitrogens is 2. The Balaban J connectivity index is 2.27. The molecule has 9 heteroatoms. The van der Waals surface area contributed by atoms with E-state index in [4.69, 9.17) is 9.15 Å². The third-order valence-electron chi connectivity index (χ3n) is 3.94. The Hall–Kier alpha value is -3.10. The second-order valence-corrected chi connectivity index (χ2v) is 6.10. The first kappa shape index (κ1) is 18.7. The van der Waals surface area contributed by atoms with E-state index in [9.17, 15) is 23.1 Å². The summed E-state index contributed by atoms with van der Waals surface area (Å²) >= 11 is 0. The van der Waals surface area contributed by atoms with Gasteiger partial charge in [0.25, 0.3) is 0 Å². The summed E-state index contributed by atoms with van der Waals surface area (Å²) in [6.45, 7) is 3.50. The molecule has 0 radical (unpaired) electrons. The van der Waals surface area contributed by atoms with Gasteiger partial charge in [-0.05, 0) is 24.3 Å². The molecule has 0 bridgehead atoms. The lowest BCUT2D eigenvalue weighted by atomic mass is 10.1. The normalized spacial score (nSPS) is 12.0. The van der Waals surface area contributed by atoms with Crippen LogP contribution in [-0.4, -0.2) is 28.2 Å². The molecule has 6 nitrogen and oxygen atoms in total. The summed E-state index contributed by atoms with van der Waals surface area (Å²) in [6, 6.07) is 5.06. The third kappa shape index (κ3) is 3.32. The summed E-state index contributed by atoms with van der Waals surface area (Å²) < 4.78 is 49.8.